The average Bonchev–Trinajstić information content (AvgIpc) is 2.93. The maximum Gasteiger partial charge on any atom is 0.258 e. The van der Waals surface area contributed by atoms with Crippen molar-refractivity contribution in [2.45, 2.75) is 13.3 Å². The van der Waals surface area contributed by atoms with Crippen molar-refractivity contribution in [3.05, 3.63) is 59.4 Å². The van der Waals surface area contributed by atoms with Gasteiger partial charge in [-0.1, -0.05) is 35.0 Å². The lowest BCUT2D eigenvalue weighted by Crippen LogP contribution is -1.90. The minimum atomic E-state index is -0.217. The maximum absolute atomic E-state index is 9.49. The second-order valence-corrected chi connectivity index (χ2v) is 4.88. The van der Waals surface area contributed by atoms with Gasteiger partial charge in [0, 0.05) is 12.0 Å². The van der Waals surface area contributed by atoms with Crippen molar-refractivity contribution < 1.29 is 14.7 Å². The van der Waals surface area contributed by atoms with Crippen molar-refractivity contribution >= 4 is 0 Å². The molecule has 0 aliphatic carbocycles. The molecule has 2 aromatic carbocycles. The Kier molecular flexibility index (Phi) is 3.31. The first-order valence-electron chi connectivity index (χ1n) is 6.52. The third-order valence-corrected chi connectivity index (χ3v) is 3.17. The van der Waals surface area contributed by atoms with E-state index >= 15 is 0 Å². The van der Waals surface area contributed by atoms with Crippen LogP contribution < -0.4 is 0 Å². The topological polar surface area (TPSA) is 79.4 Å². The molecule has 1 heterocycles. The summed E-state index contributed by atoms with van der Waals surface area (Å²) in [6.45, 7) is 2.04. The molecule has 0 aliphatic heterocycles. The average molecular weight is 282 g/mol. The van der Waals surface area contributed by atoms with Gasteiger partial charge in [0.05, 0.1) is 0 Å². The lowest BCUT2D eigenvalue weighted by Gasteiger charge is -1.98. The van der Waals surface area contributed by atoms with E-state index < -0.39 is 0 Å². The molecule has 0 atom stereocenters. The third-order valence-electron chi connectivity index (χ3n) is 3.17. The van der Waals surface area contributed by atoms with E-state index in [1.165, 1.54) is 17.7 Å². The lowest BCUT2D eigenvalue weighted by atomic mass is 10.1. The zero-order valence-corrected chi connectivity index (χ0v) is 11.4. The van der Waals surface area contributed by atoms with Gasteiger partial charge in [-0.2, -0.15) is 4.98 Å². The van der Waals surface area contributed by atoms with E-state index in [0.29, 0.717) is 23.7 Å². The molecule has 0 amide bonds. The number of hydrogen-bond acceptors (Lipinski definition) is 5. The predicted octanol–water partition coefficient (Wildman–Crippen LogP) is 3.05. The number of aromatic hydroxyl groups is 2. The maximum atomic E-state index is 9.49. The van der Waals surface area contributed by atoms with Crippen LogP contribution in [0.2, 0.25) is 0 Å². The van der Waals surface area contributed by atoms with E-state index in [2.05, 4.69) is 10.1 Å². The van der Waals surface area contributed by atoms with Crippen LogP contribution in [-0.2, 0) is 6.42 Å². The summed E-state index contributed by atoms with van der Waals surface area (Å²) in [7, 11) is 0. The summed E-state index contributed by atoms with van der Waals surface area (Å²) in [6.07, 6.45) is 0.577. The van der Waals surface area contributed by atoms with E-state index in [-0.39, 0.29) is 11.5 Å². The van der Waals surface area contributed by atoms with Crippen LogP contribution in [0.4, 0.5) is 0 Å². The first-order chi connectivity index (χ1) is 10.1. The van der Waals surface area contributed by atoms with Crippen LogP contribution in [0.5, 0.6) is 11.5 Å². The van der Waals surface area contributed by atoms with E-state index in [1.54, 1.807) is 6.07 Å². The SMILES string of the molecule is Cc1ccc(Cc2noc(-c3ccc(O)c(O)c3)n2)cc1. The predicted molar refractivity (Wildman–Crippen MR) is 77.0 cm³/mol. The Balaban J connectivity index is 1.82. The summed E-state index contributed by atoms with van der Waals surface area (Å²) < 4.78 is 5.19. The zero-order valence-electron chi connectivity index (χ0n) is 11.4. The smallest absolute Gasteiger partial charge is 0.258 e. The molecule has 21 heavy (non-hydrogen) atoms. The Hall–Kier alpha value is -2.82. The Bertz CT molecular complexity index is 763. The van der Waals surface area contributed by atoms with Crippen LogP contribution in [0, 0.1) is 6.92 Å². The van der Waals surface area contributed by atoms with Gasteiger partial charge in [0.2, 0.25) is 0 Å². The van der Waals surface area contributed by atoms with Crippen molar-refractivity contribution in [3.8, 4) is 23.0 Å². The fourth-order valence-electron chi connectivity index (χ4n) is 1.99. The van der Waals surface area contributed by atoms with Gasteiger partial charge >= 0.3 is 0 Å². The standard InChI is InChI=1S/C16H14N2O3/c1-10-2-4-11(5-3-10)8-15-17-16(21-18-15)12-6-7-13(19)14(20)9-12/h2-7,9,19-20H,8H2,1H3. The number of phenols is 2. The van der Waals surface area contributed by atoms with Gasteiger partial charge in [-0.15, -0.1) is 0 Å². The molecule has 0 spiro atoms. The normalized spacial score (nSPS) is 10.7. The summed E-state index contributed by atoms with van der Waals surface area (Å²) in [5.41, 5.74) is 2.86. The monoisotopic (exact) mass is 282 g/mol. The fourth-order valence-corrected chi connectivity index (χ4v) is 1.99. The summed E-state index contributed by atoms with van der Waals surface area (Å²) >= 11 is 0. The largest absolute Gasteiger partial charge is 0.504 e. The van der Waals surface area contributed by atoms with Crippen LogP contribution in [0.1, 0.15) is 17.0 Å². The van der Waals surface area contributed by atoms with Gasteiger partial charge in [0.25, 0.3) is 5.89 Å². The Morgan fingerprint density at radius 1 is 1.00 bits per heavy atom. The first kappa shape index (κ1) is 13.2. The van der Waals surface area contributed by atoms with E-state index in [9.17, 15) is 10.2 Å². The number of phenolic OH excluding ortho intramolecular Hbond substituents is 2. The van der Waals surface area contributed by atoms with Crippen LogP contribution in [0.3, 0.4) is 0 Å². The van der Waals surface area contributed by atoms with Gasteiger partial charge in [-0.3, -0.25) is 0 Å². The van der Waals surface area contributed by atoms with Gasteiger partial charge in [-0.25, -0.2) is 0 Å². The molecule has 0 radical (unpaired) electrons. The zero-order chi connectivity index (χ0) is 14.8. The molecular weight excluding hydrogens is 268 g/mol. The summed E-state index contributed by atoms with van der Waals surface area (Å²) in [4.78, 5) is 4.30. The van der Waals surface area contributed by atoms with Crippen molar-refractivity contribution in [1.82, 2.24) is 10.1 Å². The van der Waals surface area contributed by atoms with Crippen LogP contribution in [0.15, 0.2) is 47.0 Å². The van der Waals surface area contributed by atoms with E-state index in [0.717, 1.165) is 5.56 Å². The molecule has 0 bridgehead atoms. The number of hydrogen-bond donors (Lipinski definition) is 2. The van der Waals surface area contributed by atoms with Crippen molar-refractivity contribution in [3.63, 3.8) is 0 Å². The highest BCUT2D eigenvalue weighted by Crippen LogP contribution is 2.29. The second-order valence-electron chi connectivity index (χ2n) is 4.88. The molecule has 0 unspecified atom stereocenters. The minimum absolute atomic E-state index is 0.182. The molecule has 0 saturated heterocycles. The molecule has 5 nitrogen and oxygen atoms in total. The highest BCUT2D eigenvalue weighted by atomic mass is 16.5. The van der Waals surface area contributed by atoms with Gasteiger partial charge in [-0.05, 0) is 30.7 Å². The summed E-state index contributed by atoms with van der Waals surface area (Å²) in [6, 6.07) is 12.5. The van der Waals surface area contributed by atoms with Crippen LogP contribution in [0.25, 0.3) is 11.5 Å². The van der Waals surface area contributed by atoms with Crippen molar-refractivity contribution in [2.75, 3.05) is 0 Å². The molecule has 0 aliphatic rings. The Labute approximate surface area is 121 Å². The molecule has 5 heteroatoms. The number of rotatable bonds is 3. The van der Waals surface area contributed by atoms with Gasteiger partial charge in [0.15, 0.2) is 17.3 Å². The fraction of sp³-hybridized carbons (Fsp3) is 0.125. The number of nitrogens with zero attached hydrogens (tertiary/aromatic N) is 2. The molecule has 3 aromatic rings. The van der Waals surface area contributed by atoms with Crippen LogP contribution in [-0.4, -0.2) is 20.4 Å². The molecular formula is C16H14N2O3. The molecule has 2 N–H and O–H groups in total. The van der Waals surface area contributed by atoms with Crippen molar-refractivity contribution in [2.24, 2.45) is 0 Å². The number of aromatic nitrogens is 2. The van der Waals surface area contributed by atoms with E-state index in [4.69, 9.17) is 4.52 Å². The lowest BCUT2D eigenvalue weighted by molar-refractivity contribution is 0.402. The molecule has 3 rings (SSSR count). The Morgan fingerprint density at radius 3 is 2.48 bits per heavy atom. The highest BCUT2D eigenvalue weighted by molar-refractivity contribution is 5.58. The second kappa shape index (κ2) is 5.28. The van der Waals surface area contributed by atoms with Gasteiger partial charge in [0.1, 0.15) is 0 Å². The molecule has 1 aromatic heterocycles. The molecule has 0 saturated carbocycles. The third kappa shape index (κ3) is 2.86. The van der Waals surface area contributed by atoms with E-state index in [1.807, 2.05) is 31.2 Å². The quantitative estimate of drug-likeness (QED) is 0.722. The molecule has 0 fully saturated rings. The number of aryl methyl sites for hydroxylation is 1. The minimum Gasteiger partial charge on any atom is -0.504 e. The van der Waals surface area contributed by atoms with Gasteiger partial charge < -0.3 is 14.7 Å². The van der Waals surface area contributed by atoms with Crippen LogP contribution >= 0.6 is 0 Å². The summed E-state index contributed by atoms with van der Waals surface area (Å²) in [5, 5.41) is 22.7. The number of benzene rings is 2. The van der Waals surface area contributed by atoms with Crippen molar-refractivity contribution in [1.29, 1.82) is 0 Å². The highest BCUT2D eigenvalue weighted by Gasteiger charge is 2.11. The molecule has 106 valence electrons. The first-order valence-corrected chi connectivity index (χ1v) is 6.52. The summed E-state index contributed by atoms with van der Waals surface area (Å²) in [5.74, 6) is 0.484. The Morgan fingerprint density at radius 2 is 1.76 bits per heavy atom.